The molecule has 0 saturated carbocycles. The van der Waals surface area contributed by atoms with E-state index in [0.717, 1.165) is 16.7 Å². The van der Waals surface area contributed by atoms with E-state index in [9.17, 15) is 0 Å². The fourth-order valence-electron chi connectivity index (χ4n) is 6.70. The zero-order chi connectivity index (χ0) is 27.8. The highest BCUT2D eigenvalue weighted by Gasteiger charge is 2.16. The molecular weight excluding hydrogens is 512 g/mol. The third kappa shape index (κ3) is 3.26. The van der Waals surface area contributed by atoms with Crippen molar-refractivity contribution in [2.24, 2.45) is 7.05 Å². The fourth-order valence-corrected chi connectivity index (χ4v) is 6.70. The van der Waals surface area contributed by atoms with Crippen molar-refractivity contribution in [2.75, 3.05) is 0 Å². The standard InChI is InChI=1S/C38H26N4/c1-40-24-39-33-23-28(17-20-38(33)40)42-35-14-8-6-12-30(35)32-22-26(16-19-37(32)42)25-15-18-36-31(21-25)29-11-5-7-13-34(29)41(36)27-9-3-2-4-10-27/h2-24H,1H3. The lowest BCUT2D eigenvalue weighted by Crippen LogP contribution is -1.94. The minimum absolute atomic E-state index is 1.00. The molecule has 9 rings (SSSR count). The first-order valence-electron chi connectivity index (χ1n) is 14.3. The average molecular weight is 539 g/mol. The first-order valence-corrected chi connectivity index (χ1v) is 14.3. The summed E-state index contributed by atoms with van der Waals surface area (Å²) in [7, 11) is 2.04. The maximum Gasteiger partial charge on any atom is 0.0955 e. The molecule has 3 aromatic heterocycles. The Morgan fingerprint density at radius 2 is 0.952 bits per heavy atom. The molecule has 0 aliphatic carbocycles. The number of fused-ring (bicyclic) bond motifs is 7. The molecule has 3 heterocycles. The summed E-state index contributed by atoms with van der Waals surface area (Å²) in [4.78, 5) is 4.62. The van der Waals surface area contributed by atoms with Gasteiger partial charge in [0.25, 0.3) is 0 Å². The molecule has 0 aliphatic rings. The summed E-state index contributed by atoms with van der Waals surface area (Å²) in [5.74, 6) is 0. The van der Waals surface area contributed by atoms with Crippen LogP contribution in [0.4, 0.5) is 0 Å². The Labute approximate surface area is 242 Å². The number of imidazole rings is 1. The normalized spacial score (nSPS) is 11.9. The lowest BCUT2D eigenvalue weighted by Gasteiger charge is -2.09. The summed E-state index contributed by atoms with van der Waals surface area (Å²) in [6, 6.07) is 48.3. The molecule has 4 heteroatoms. The number of benzene rings is 6. The van der Waals surface area contributed by atoms with E-state index in [1.165, 1.54) is 60.4 Å². The quantitative estimate of drug-likeness (QED) is 0.220. The zero-order valence-corrected chi connectivity index (χ0v) is 23.1. The van der Waals surface area contributed by atoms with Crippen LogP contribution >= 0.6 is 0 Å². The van der Waals surface area contributed by atoms with Crippen molar-refractivity contribution >= 4 is 54.6 Å². The number of rotatable bonds is 3. The van der Waals surface area contributed by atoms with Crippen LogP contribution in [0.15, 0.2) is 140 Å². The molecule has 0 saturated heterocycles. The van der Waals surface area contributed by atoms with Gasteiger partial charge in [-0.15, -0.1) is 0 Å². The Hall–Kier alpha value is -5.61. The van der Waals surface area contributed by atoms with E-state index in [1.54, 1.807) is 0 Å². The second kappa shape index (κ2) is 8.69. The number of aromatic nitrogens is 4. The van der Waals surface area contributed by atoms with Gasteiger partial charge >= 0.3 is 0 Å². The van der Waals surface area contributed by atoms with Crippen LogP contribution in [0.5, 0.6) is 0 Å². The number of hydrogen-bond acceptors (Lipinski definition) is 1. The van der Waals surface area contributed by atoms with E-state index in [-0.39, 0.29) is 0 Å². The predicted molar refractivity (Wildman–Crippen MR) is 175 cm³/mol. The smallest absolute Gasteiger partial charge is 0.0955 e. The molecule has 198 valence electrons. The molecule has 0 amide bonds. The third-order valence-electron chi connectivity index (χ3n) is 8.66. The van der Waals surface area contributed by atoms with Gasteiger partial charge in [-0.25, -0.2) is 4.98 Å². The van der Waals surface area contributed by atoms with Crippen molar-refractivity contribution in [3.05, 3.63) is 140 Å². The maximum atomic E-state index is 4.62. The highest BCUT2D eigenvalue weighted by atomic mass is 15.0. The molecule has 0 radical (unpaired) electrons. The SMILES string of the molecule is Cn1cnc2cc(-n3c4ccccc4c4cc(-c5ccc6c(c5)c5ccccc5n6-c5ccccc5)ccc43)ccc21. The zero-order valence-electron chi connectivity index (χ0n) is 23.1. The van der Waals surface area contributed by atoms with Gasteiger partial charge in [0, 0.05) is 40.0 Å². The highest BCUT2D eigenvalue weighted by molar-refractivity contribution is 6.12. The van der Waals surface area contributed by atoms with Crippen molar-refractivity contribution in [3.63, 3.8) is 0 Å². The highest BCUT2D eigenvalue weighted by Crippen LogP contribution is 2.38. The van der Waals surface area contributed by atoms with Gasteiger partial charge in [-0.1, -0.05) is 66.7 Å². The van der Waals surface area contributed by atoms with Crippen LogP contribution in [-0.2, 0) is 7.05 Å². The van der Waals surface area contributed by atoms with E-state index < -0.39 is 0 Å². The van der Waals surface area contributed by atoms with Gasteiger partial charge in [0.1, 0.15) is 0 Å². The Balaban J connectivity index is 1.25. The van der Waals surface area contributed by atoms with Gasteiger partial charge < -0.3 is 13.7 Å². The second-order valence-corrected chi connectivity index (χ2v) is 11.0. The Kier molecular flexibility index (Phi) is 4.79. The molecule has 0 atom stereocenters. The van der Waals surface area contributed by atoms with E-state index in [0.29, 0.717) is 0 Å². The van der Waals surface area contributed by atoms with E-state index in [1.807, 2.05) is 13.4 Å². The van der Waals surface area contributed by atoms with Crippen LogP contribution in [0.1, 0.15) is 0 Å². The van der Waals surface area contributed by atoms with Crippen molar-refractivity contribution in [3.8, 4) is 22.5 Å². The van der Waals surface area contributed by atoms with Crippen LogP contribution < -0.4 is 0 Å². The Morgan fingerprint density at radius 3 is 1.60 bits per heavy atom. The monoisotopic (exact) mass is 538 g/mol. The van der Waals surface area contributed by atoms with Crippen molar-refractivity contribution in [1.29, 1.82) is 0 Å². The molecule has 0 bridgehead atoms. The predicted octanol–water partition coefficient (Wildman–Crippen LogP) is 9.43. The molecule has 6 aromatic carbocycles. The minimum Gasteiger partial charge on any atom is -0.334 e. The van der Waals surface area contributed by atoms with E-state index >= 15 is 0 Å². The van der Waals surface area contributed by atoms with E-state index in [2.05, 4.69) is 152 Å². The number of nitrogens with zero attached hydrogens (tertiary/aromatic N) is 4. The summed E-state index contributed by atoms with van der Waals surface area (Å²) >= 11 is 0. The fraction of sp³-hybridized carbons (Fsp3) is 0.0263. The molecule has 4 nitrogen and oxygen atoms in total. The number of aryl methyl sites for hydroxylation is 1. The minimum atomic E-state index is 1.00. The van der Waals surface area contributed by atoms with Gasteiger partial charge in [0.2, 0.25) is 0 Å². The van der Waals surface area contributed by atoms with Crippen LogP contribution in [0.2, 0.25) is 0 Å². The van der Waals surface area contributed by atoms with Crippen molar-refractivity contribution in [2.45, 2.75) is 0 Å². The van der Waals surface area contributed by atoms with Gasteiger partial charge in [-0.3, -0.25) is 0 Å². The van der Waals surface area contributed by atoms with Gasteiger partial charge in [-0.2, -0.15) is 0 Å². The molecule has 9 aromatic rings. The Bertz CT molecular complexity index is 2470. The number of para-hydroxylation sites is 3. The molecule has 0 unspecified atom stereocenters. The number of hydrogen-bond donors (Lipinski definition) is 0. The summed E-state index contributed by atoms with van der Waals surface area (Å²) < 4.78 is 6.79. The topological polar surface area (TPSA) is 27.7 Å². The summed E-state index contributed by atoms with van der Waals surface area (Å²) in [6.45, 7) is 0. The van der Waals surface area contributed by atoms with Crippen molar-refractivity contribution < 1.29 is 0 Å². The summed E-state index contributed by atoms with van der Waals surface area (Å²) in [5, 5.41) is 5.02. The Morgan fingerprint density at radius 1 is 0.429 bits per heavy atom. The molecular formula is C38H26N4. The summed E-state index contributed by atoms with van der Waals surface area (Å²) in [6.07, 6.45) is 1.88. The van der Waals surface area contributed by atoms with Crippen LogP contribution in [0.25, 0.3) is 77.1 Å². The van der Waals surface area contributed by atoms with Crippen LogP contribution in [0.3, 0.4) is 0 Å². The lowest BCUT2D eigenvalue weighted by atomic mass is 10.0. The third-order valence-corrected chi connectivity index (χ3v) is 8.66. The van der Waals surface area contributed by atoms with Crippen molar-refractivity contribution in [1.82, 2.24) is 18.7 Å². The first-order chi connectivity index (χ1) is 20.7. The molecule has 42 heavy (non-hydrogen) atoms. The summed E-state index contributed by atoms with van der Waals surface area (Å²) in [5.41, 5.74) is 11.7. The van der Waals surface area contributed by atoms with Crippen LogP contribution in [-0.4, -0.2) is 18.7 Å². The van der Waals surface area contributed by atoms with Gasteiger partial charge in [-0.05, 0) is 77.9 Å². The largest absolute Gasteiger partial charge is 0.334 e. The second-order valence-electron chi connectivity index (χ2n) is 11.0. The molecule has 0 N–H and O–H groups in total. The maximum absolute atomic E-state index is 4.62. The van der Waals surface area contributed by atoms with Gasteiger partial charge in [0.05, 0.1) is 39.4 Å². The van der Waals surface area contributed by atoms with Gasteiger partial charge in [0.15, 0.2) is 0 Å². The average Bonchev–Trinajstić information content (AvgIpc) is 3.70. The lowest BCUT2D eigenvalue weighted by molar-refractivity contribution is 0.947. The molecule has 0 fully saturated rings. The van der Waals surface area contributed by atoms with Crippen LogP contribution in [0, 0.1) is 0 Å². The first kappa shape index (κ1) is 23.1. The van der Waals surface area contributed by atoms with E-state index in [4.69, 9.17) is 0 Å². The molecule has 0 aliphatic heterocycles. The molecule has 0 spiro atoms.